The third-order valence-electron chi connectivity index (χ3n) is 4.64. The molecule has 3 heterocycles. The van der Waals surface area contributed by atoms with Crippen molar-refractivity contribution in [3.63, 3.8) is 0 Å². The largest absolute Gasteiger partial charge is 0.394 e. The second kappa shape index (κ2) is 5.13. The van der Waals surface area contributed by atoms with Crippen LogP contribution in [0.25, 0.3) is 43.8 Å². The molecule has 0 unspecified atom stereocenters. The van der Waals surface area contributed by atoms with Gasteiger partial charge in [-0.3, -0.25) is 14.9 Å². The lowest BCUT2D eigenvalue weighted by Gasteiger charge is -2.12. The van der Waals surface area contributed by atoms with Crippen molar-refractivity contribution < 1.29 is 4.39 Å². The molecule has 4 N–H and O–H groups in total. The van der Waals surface area contributed by atoms with Crippen LogP contribution >= 0.6 is 0 Å². The molecular weight excluding hydrogens is 333 g/mol. The molecule has 2 aromatic carbocycles. The number of hydrogen-bond donors (Lipinski definition) is 3. The second-order valence-corrected chi connectivity index (χ2v) is 6.05. The fourth-order valence-electron chi connectivity index (χ4n) is 3.45. The molecule has 5 aromatic rings. The van der Waals surface area contributed by atoms with Crippen LogP contribution in [-0.2, 0) is 0 Å². The van der Waals surface area contributed by atoms with Gasteiger partial charge in [-0.25, -0.2) is 4.39 Å². The molecule has 0 saturated heterocycles. The van der Waals surface area contributed by atoms with E-state index >= 15 is 0 Å². The van der Waals surface area contributed by atoms with Crippen LogP contribution in [0.2, 0.25) is 0 Å². The number of H-pyrrole nitrogens is 2. The molecule has 0 spiro atoms. The lowest BCUT2D eigenvalue weighted by molar-refractivity contribution is 0.636. The van der Waals surface area contributed by atoms with E-state index in [1.807, 2.05) is 24.3 Å². The summed E-state index contributed by atoms with van der Waals surface area (Å²) in [5, 5.41) is 8.72. The molecule has 0 aliphatic heterocycles. The molecule has 0 atom stereocenters. The van der Waals surface area contributed by atoms with E-state index in [1.54, 1.807) is 12.3 Å². The minimum absolute atomic E-state index is 0.0786. The fraction of sp³-hybridized carbons (Fsp3) is 0. The summed E-state index contributed by atoms with van der Waals surface area (Å²) >= 11 is 0. The summed E-state index contributed by atoms with van der Waals surface area (Å²) in [6, 6.07) is 10.4. The van der Waals surface area contributed by atoms with Crippen molar-refractivity contribution in [3.05, 3.63) is 65.0 Å². The van der Waals surface area contributed by atoms with Gasteiger partial charge in [0.1, 0.15) is 17.0 Å². The van der Waals surface area contributed by atoms with Crippen LogP contribution in [-0.4, -0.2) is 20.2 Å². The Kier molecular flexibility index (Phi) is 2.88. The molecule has 5 rings (SSSR count). The van der Waals surface area contributed by atoms with Crippen LogP contribution in [0.5, 0.6) is 0 Å². The summed E-state index contributed by atoms with van der Waals surface area (Å²) in [6.45, 7) is 0. The highest BCUT2D eigenvalue weighted by Crippen LogP contribution is 2.37. The van der Waals surface area contributed by atoms with Crippen LogP contribution < -0.4 is 11.3 Å². The molecule has 26 heavy (non-hydrogen) atoms. The standard InChI is InChI=1S/C19H12FN5O/c20-13-5-3-9(12-8-23-25-18(12)13)15-11-4-6-14-10(2-1-7-22-14)17(11)24-19(26)16(15)21/h1-8H,21H2,(H,23,25)(H,24,26). The zero-order chi connectivity index (χ0) is 17.8. The smallest absolute Gasteiger partial charge is 0.272 e. The van der Waals surface area contributed by atoms with Gasteiger partial charge in [0.05, 0.1) is 17.2 Å². The van der Waals surface area contributed by atoms with Crippen molar-refractivity contribution in [3.8, 4) is 11.1 Å². The average molecular weight is 345 g/mol. The highest BCUT2D eigenvalue weighted by Gasteiger charge is 2.18. The number of hydrogen-bond acceptors (Lipinski definition) is 4. The third kappa shape index (κ3) is 1.88. The number of nitrogen functional groups attached to an aromatic ring is 1. The number of nitrogens with two attached hydrogens (primary N) is 1. The Hall–Kier alpha value is -3.74. The van der Waals surface area contributed by atoms with E-state index in [-0.39, 0.29) is 11.2 Å². The van der Waals surface area contributed by atoms with Crippen LogP contribution in [0.15, 0.2) is 53.6 Å². The Bertz CT molecular complexity index is 1390. The predicted molar refractivity (Wildman–Crippen MR) is 99.3 cm³/mol. The van der Waals surface area contributed by atoms with Gasteiger partial charge in [-0.2, -0.15) is 5.10 Å². The third-order valence-corrected chi connectivity index (χ3v) is 4.64. The summed E-state index contributed by atoms with van der Waals surface area (Å²) in [5.41, 5.74) is 8.70. The molecule has 0 amide bonds. The summed E-state index contributed by atoms with van der Waals surface area (Å²) < 4.78 is 14.0. The first-order valence-corrected chi connectivity index (χ1v) is 7.96. The summed E-state index contributed by atoms with van der Waals surface area (Å²) in [5.74, 6) is -0.413. The molecule has 0 aliphatic carbocycles. The van der Waals surface area contributed by atoms with Gasteiger partial charge in [-0.15, -0.1) is 0 Å². The number of rotatable bonds is 1. The maximum Gasteiger partial charge on any atom is 0.272 e. The van der Waals surface area contributed by atoms with E-state index in [0.29, 0.717) is 22.0 Å². The Labute approximate surface area is 145 Å². The number of pyridine rings is 2. The van der Waals surface area contributed by atoms with Crippen LogP contribution in [0.1, 0.15) is 0 Å². The highest BCUT2D eigenvalue weighted by molar-refractivity contribution is 6.14. The minimum atomic E-state index is -0.413. The number of halogens is 1. The average Bonchev–Trinajstić information content (AvgIpc) is 3.15. The van der Waals surface area contributed by atoms with E-state index in [1.165, 1.54) is 12.3 Å². The monoisotopic (exact) mass is 345 g/mol. The lowest BCUT2D eigenvalue weighted by Crippen LogP contribution is -2.13. The summed E-state index contributed by atoms with van der Waals surface area (Å²) in [4.78, 5) is 19.7. The Morgan fingerprint density at radius 1 is 1.00 bits per heavy atom. The van der Waals surface area contributed by atoms with E-state index in [2.05, 4.69) is 20.2 Å². The van der Waals surface area contributed by atoms with Gasteiger partial charge in [-0.05, 0) is 35.9 Å². The normalized spacial score (nSPS) is 11.6. The maximum absolute atomic E-state index is 14.0. The van der Waals surface area contributed by atoms with Crippen molar-refractivity contribution in [1.29, 1.82) is 0 Å². The van der Waals surface area contributed by atoms with Crippen molar-refractivity contribution in [2.24, 2.45) is 0 Å². The highest BCUT2D eigenvalue weighted by atomic mass is 19.1. The first-order valence-electron chi connectivity index (χ1n) is 7.96. The zero-order valence-corrected chi connectivity index (χ0v) is 13.4. The van der Waals surface area contributed by atoms with Crippen LogP contribution in [0.3, 0.4) is 0 Å². The number of fused-ring (bicyclic) bond motifs is 4. The zero-order valence-electron chi connectivity index (χ0n) is 13.4. The molecule has 7 heteroatoms. The van der Waals surface area contributed by atoms with Crippen molar-refractivity contribution in [2.75, 3.05) is 5.73 Å². The number of nitrogens with one attached hydrogen (secondary N) is 2. The molecule has 0 aliphatic rings. The molecule has 0 radical (unpaired) electrons. The Morgan fingerprint density at radius 2 is 1.88 bits per heavy atom. The van der Waals surface area contributed by atoms with Crippen molar-refractivity contribution in [1.82, 2.24) is 20.2 Å². The molecule has 0 bridgehead atoms. The topological polar surface area (TPSA) is 100 Å². The van der Waals surface area contributed by atoms with Gasteiger partial charge in [0, 0.05) is 27.9 Å². The molecule has 6 nitrogen and oxygen atoms in total. The molecule has 0 fully saturated rings. The van der Waals surface area contributed by atoms with E-state index in [9.17, 15) is 9.18 Å². The molecular formula is C19H12FN5O. The van der Waals surface area contributed by atoms with Crippen molar-refractivity contribution >= 4 is 38.4 Å². The predicted octanol–water partition coefficient (Wildman–Crippen LogP) is 3.34. The number of aromatic nitrogens is 4. The summed E-state index contributed by atoms with van der Waals surface area (Å²) in [7, 11) is 0. The first-order chi connectivity index (χ1) is 12.6. The van der Waals surface area contributed by atoms with E-state index in [4.69, 9.17) is 5.73 Å². The van der Waals surface area contributed by atoms with Gasteiger partial charge in [0.15, 0.2) is 0 Å². The Morgan fingerprint density at radius 3 is 2.77 bits per heavy atom. The number of aromatic amines is 2. The molecule has 3 aromatic heterocycles. The van der Waals surface area contributed by atoms with Gasteiger partial charge < -0.3 is 10.7 Å². The van der Waals surface area contributed by atoms with E-state index in [0.717, 1.165) is 16.3 Å². The molecule has 0 saturated carbocycles. The van der Waals surface area contributed by atoms with Gasteiger partial charge in [-0.1, -0.05) is 6.07 Å². The fourth-order valence-corrected chi connectivity index (χ4v) is 3.45. The minimum Gasteiger partial charge on any atom is -0.394 e. The molecule has 126 valence electrons. The number of benzene rings is 2. The van der Waals surface area contributed by atoms with Gasteiger partial charge in [0.2, 0.25) is 0 Å². The van der Waals surface area contributed by atoms with Gasteiger partial charge >= 0.3 is 0 Å². The summed E-state index contributed by atoms with van der Waals surface area (Å²) in [6.07, 6.45) is 3.22. The van der Waals surface area contributed by atoms with Crippen LogP contribution in [0.4, 0.5) is 10.1 Å². The number of anilines is 1. The maximum atomic E-state index is 14.0. The quantitative estimate of drug-likeness (QED) is 0.406. The second-order valence-electron chi connectivity index (χ2n) is 6.05. The van der Waals surface area contributed by atoms with Crippen molar-refractivity contribution in [2.45, 2.75) is 0 Å². The van der Waals surface area contributed by atoms with Gasteiger partial charge in [0.25, 0.3) is 5.56 Å². The Balaban J connectivity index is 2.01. The SMILES string of the molecule is Nc1c(-c2ccc(F)c3[nH]ncc23)c2ccc3ncccc3c2[nH]c1=O. The van der Waals surface area contributed by atoms with E-state index < -0.39 is 11.4 Å². The van der Waals surface area contributed by atoms with Crippen LogP contribution in [0, 0.1) is 5.82 Å². The lowest BCUT2D eigenvalue weighted by atomic mass is 9.95. The first kappa shape index (κ1) is 14.6. The number of nitrogens with zero attached hydrogens (tertiary/aromatic N) is 2.